The number of hydrogen-bond donors (Lipinski definition) is 2. The zero-order valence-corrected chi connectivity index (χ0v) is 17.5. The van der Waals surface area contributed by atoms with E-state index in [0.29, 0.717) is 22.8 Å². The number of aromatic nitrogens is 5. The Morgan fingerprint density at radius 1 is 1.16 bits per heavy atom. The van der Waals surface area contributed by atoms with E-state index in [0.717, 1.165) is 25.2 Å². The summed E-state index contributed by atoms with van der Waals surface area (Å²) in [6.07, 6.45) is 6.57. The first kappa shape index (κ1) is 19.2. The topological polar surface area (TPSA) is 91.7 Å². The van der Waals surface area contributed by atoms with Crippen LogP contribution in [0.5, 0.6) is 0 Å². The summed E-state index contributed by atoms with van der Waals surface area (Å²) in [6, 6.07) is 11.8. The summed E-state index contributed by atoms with van der Waals surface area (Å²) in [5, 5.41) is 6.45. The Balaban J connectivity index is 1.46. The quantitative estimate of drug-likeness (QED) is 0.534. The van der Waals surface area contributed by atoms with Crippen molar-refractivity contribution in [3.63, 3.8) is 0 Å². The molecular weight excluding hydrogens is 390 g/mol. The van der Waals surface area contributed by atoms with E-state index in [1.807, 2.05) is 24.3 Å². The average molecular weight is 413 g/mol. The van der Waals surface area contributed by atoms with Gasteiger partial charge in [-0.15, -0.1) is 0 Å². The van der Waals surface area contributed by atoms with Gasteiger partial charge in [0.25, 0.3) is 5.56 Å². The Morgan fingerprint density at radius 2 is 2.06 bits per heavy atom. The van der Waals surface area contributed by atoms with Gasteiger partial charge < -0.3 is 10.2 Å². The zero-order valence-electron chi connectivity index (χ0n) is 17.5. The number of pyridine rings is 1. The molecule has 156 valence electrons. The summed E-state index contributed by atoms with van der Waals surface area (Å²) in [7, 11) is 2.14. The fourth-order valence-corrected chi connectivity index (χ4v) is 3.88. The molecule has 0 aliphatic carbocycles. The molecule has 0 saturated heterocycles. The van der Waals surface area contributed by atoms with Gasteiger partial charge in [-0.25, -0.2) is 14.6 Å². The van der Waals surface area contributed by atoms with Crippen molar-refractivity contribution in [2.24, 2.45) is 0 Å². The van der Waals surface area contributed by atoms with Crippen LogP contribution >= 0.6 is 0 Å². The smallest absolute Gasteiger partial charge is 0.275 e. The van der Waals surface area contributed by atoms with Crippen LogP contribution in [0, 0.1) is 6.92 Å². The minimum atomic E-state index is -0.251. The van der Waals surface area contributed by atoms with Gasteiger partial charge in [0.2, 0.25) is 5.95 Å². The summed E-state index contributed by atoms with van der Waals surface area (Å²) in [5.74, 6) is 1.01. The normalized spacial score (nSPS) is 14.6. The number of fused-ring (bicyclic) bond motifs is 1. The molecule has 4 aromatic rings. The minimum Gasteiger partial charge on any atom is -0.324 e. The summed E-state index contributed by atoms with van der Waals surface area (Å²) in [4.78, 5) is 27.8. The molecule has 0 unspecified atom stereocenters. The summed E-state index contributed by atoms with van der Waals surface area (Å²) < 4.78 is 1.57. The first-order valence-electron chi connectivity index (χ1n) is 10.2. The third-order valence-corrected chi connectivity index (χ3v) is 5.56. The molecule has 31 heavy (non-hydrogen) atoms. The Kier molecular flexibility index (Phi) is 4.83. The molecular formula is C23H23N7O. The molecule has 1 aliphatic heterocycles. The second-order valence-electron chi connectivity index (χ2n) is 7.79. The maximum atomic E-state index is 12.3. The first-order valence-corrected chi connectivity index (χ1v) is 10.2. The summed E-state index contributed by atoms with van der Waals surface area (Å²) >= 11 is 0. The molecule has 0 bridgehead atoms. The van der Waals surface area contributed by atoms with Crippen molar-refractivity contribution in [2.75, 3.05) is 25.5 Å². The van der Waals surface area contributed by atoms with Gasteiger partial charge in [-0.2, -0.15) is 4.98 Å². The molecule has 0 radical (unpaired) electrons. The van der Waals surface area contributed by atoms with Gasteiger partial charge in [-0.1, -0.05) is 18.2 Å². The van der Waals surface area contributed by atoms with Crippen LogP contribution in [0.3, 0.4) is 0 Å². The highest BCUT2D eigenvalue weighted by Crippen LogP contribution is 2.27. The van der Waals surface area contributed by atoms with E-state index >= 15 is 0 Å². The van der Waals surface area contributed by atoms with Gasteiger partial charge in [0, 0.05) is 31.2 Å². The molecule has 4 heterocycles. The maximum Gasteiger partial charge on any atom is 0.275 e. The second-order valence-corrected chi connectivity index (χ2v) is 7.79. The maximum absolute atomic E-state index is 12.3. The van der Waals surface area contributed by atoms with Crippen molar-refractivity contribution < 1.29 is 0 Å². The highest BCUT2D eigenvalue weighted by Gasteiger charge is 2.14. The monoisotopic (exact) mass is 413 g/mol. The van der Waals surface area contributed by atoms with E-state index in [9.17, 15) is 4.79 Å². The molecule has 0 saturated carbocycles. The molecule has 8 heteroatoms. The van der Waals surface area contributed by atoms with Gasteiger partial charge in [0.15, 0.2) is 11.5 Å². The summed E-state index contributed by atoms with van der Waals surface area (Å²) in [6.45, 7) is 4.18. The molecule has 0 amide bonds. The number of nitrogens with one attached hydrogen (secondary N) is 2. The summed E-state index contributed by atoms with van der Waals surface area (Å²) in [5.41, 5.74) is 5.01. The SMILES string of the molecule is Cc1cc(Nc2ncc3c(=O)[nH]n(-c4ccccn4)c3n2)ccc1C1=CCN(C)CC1. The average Bonchev–Trinajstić information content (AvgIpc) is 3.11. The Morgan fingerprint density at radius 3 is 2.81 bits per heavy atom. The predicted molar refractivity (Wildman–Crippen MR) is 122 cm³/mol. The lowest BCUT2D eigenvalue weighted by molar-refractivity contribution is 0.370. The van der Waals surface area contributed by atoms with E-state index in [-0.39, 0.29) is 5.56 Å². The fourth-order valence-electron chi connectivity index (χ4n) is 3.88. The van der Waals surface area contributed by atoms with Crippen LogP contribution in [-0.2, 0) is 0 Å². The van der Waals surface area contributed by atoms with Crippen LogP contribution < -0.4 is 10.9 Å². The van der Waals surface area contributed by atoms with Crippen LogP contribution in [0.25, 0.3) is 22.4 Å². The third-order valence-electron chi connectivity index (χ3n) is 5.56. The van der Waals surface area contributed by atoms with Crippen LogP contribution in [0.2, 0.25) is 0 Å². The van der Waals surface area contributed by atoms with E-state index in [2.05, 4.69) is 62.4 Å². The highest BCUT2D eigenvalue weighted by atomic mass is 16.1. The molecule has 1 aliphatic rings. The molecule has 0 fully saturated rings. The van der Waals surface area contributed by atoms with E-state index in [1.54, 1.807) is 10.9 Å². The van der Waals surface area contributed by atoms with Gasteiger partial charge in [0.05, 0.1) is 0 Å². The van der Waals surface area contributed by atoms with Crippen LogP contribution in [0.15, 0.2) is 59.7 Å². The predicted octanol–water partition coefficient (Wildman–Crippen LogP) is 3.27. The zero-order chi connectivity index (χ0) is 21.4. The van der Waals surface area contributed by atoms with Crippen LogP contribution in [0.4, 0.5) is 11.6 Å². The fraction of sp³-hybridized carbons (Fsp3) is 0.217. The molecule has 5 rings (SSSR count). The first-order chi connectivity index (χ1) is 15.1. The van der Waals surface area contributed by atoms with Crippen LogP contribution in [0.1, 0.15) is 17.5 Å². The standard InChI is InChI=1S/C23H23N7O/c1-15-13-17(6-7-18(15)16-8-11-29(2)12-9-16)26-23-25-14-19-21(27-23)30(28-22(19)31)20-5-3-4-10-24-20/h3-8,10,13-14H,9,11-12H2,1-2H3,(H,28,31)(H,25,26,27). The van der Waals surface area contributed by atoms with Crippen molar-refractivity contribution in [1.29, 1.82) is 0 Å². The lowest BCUT2D eigenvalue weighted by atomic mass is 9.95. The number of rotatable bonds is 4. The largest absolute Gasteiger partial charge is 0.324 e. The number of aryl methyl sites for hydroxylation is 1. The van der Waals surface area contributed by atoms with Crippen LogP contribution in [-0.4, -0.2) is 49.8 Å². The molecule has 8 nitrogen and oxygen atoms in total. The third kappa shape index (κ3) is 3.73. The molecule has 2 N–H and O–H groups in total. The number of likely N-dealkylation sites (N-methyl/N-ethyl adjacent to an activating group) is 1. The minimum absolute atomic E-state index is 0.251. The highest BCUT2D eigenvalue weighted by molar-refractivity contribution is 5.77. The van der Waals surface area contributed by atoms with Gasteiger partial charge in [-0.05, 0) is 61.4 Å². The van der Waals surface area contributed by atoms with Gasteiger partial charge >= 0.3 is 0 Å². The van der Waals surface area contributed by atoms with E-state index in [4.69, 9.17) is 0 Å². The van der Waals surface area contributed by atoms with Crippen molar-refractivity contribution >= 4 is 28.2 Å². The van der Waals surface area contributed by atoms with Crippen molar-refractivity contribution in [1.82, 2.24) is 29.6 Å². The van der Waals surface area contributed by atoms with Gasteiger partial charge in [-0.3, -0.25) is 9.89 Å². The number of hydrogen-bond acceptors (Lipinski definition) is 6. The van der Waals surface area contributed by atoms with Crippen molar-refractivity contribution in [2.45, 2.75) is 13.3 Å². The Labute approximate surface area is 179 Å². The van der Waals surface area contributed by atoms with E-state index < -0.39 is 0 Å². The molecule has 1 aromatic carbocycles. The molecule has 0 atom stereocenters. The van der Waals surface area contributed by atoms with Crippen molar-refractivity contribution in [3.05, 3.63) is 76.3 Å². The lowest BCUT2D eigenvalue weighted by Gasteiger charge is -2.23. The van der Waals surface area contributed by atoms with Gasteiger partial charge in [0.1, 0.15) is 5.39 Å². The Bertz CT molecular complexity index is 1340. The number of anilines is 2. The number of nitrogens with zero attached hydrogens (tertiary/aromatic N) is 5. The van der Waals surface area contributed by atoms with Crippen molar-refractivity contribution in [3.8, 4) is 5.82 Å². The molecule has 3 aromatic heterocycles. The second kappa shape index (κ2) is 7.81. The lowest BCUT2D eigenvalue weighted by Crippen LogP contribution is -2.23. The number of aromatic amines is 1. The molecule has 0 spiro atoms. The number of H-pyrrole nitrogens is 1. The van der Waals surface area contributed by atoms with E-state index in [1.165, 1.54) is 22.9 Å². The number of benzene rings is 1. The Hall–Kier alpha value is -3.78.